The number of aryl methyl sites for hydroxylation is 2. The van der Waals surface area contributed by atoms with Crippen molar-refractivity contribution in [1.29, 1.82) is 0 Å². The maximum atomic E-state index is 13.0. The lowest BCUT2D eigenvalue weighted by molar-refractivity contribution is -0.118. The number of ether oxygens (including phenoxy) is 1. The third kappa shape index (κ3) is 6.06. The summed E-state index contributed by atoms with van der Waals surface area (Å²) >= 11 is 3.49. The molecule has 2 N–H and O–H groups in total. The summed E-state index contributed by atoms with van der Waals surface area (Å²) < 4.78 is 19.4. The number of hydrogen-bond acceptors (Lipinski definition) is 3. The first-order valence-corrected chi connectivity index (χ1v) is 9.98. The zero-order valence-electron chi connectivity index (χ0n) is 16.3. The van der Waals surface area contributed by atoms with Gasteiger partial charge < -0.3 is 15.4 Å². The third-order valence-corrected chi connectivity index (χ3v) is 4.98. The number of rotatable bonds is 7. The standard InChI is InChI=1S/C23H22BrFN2O2/c1-15-3-4-16(2)21(11-15)27-23(28)14-29-22-10-5-17(12-20(22)24)13-26-19-8-6-18(25)7-9-19/h3-12,26H,13-14H2,1-2H3,(H,27,28). The second-order valence-corrected chi connectivity index (χ2v) is 7.63. The van der Waals surface area contributed by atoms with Crippen molar-refractivity contribution in [2.24, 2.45) is 0 Å². The first kappa shape index (κ1) is 20.9. The van der Waals surface area contributed by atoms with E-state index in [2.05, 4.69) is 26.6 Å². The molecule has 3 rings (SSSR count). The molecule has 0 atom stereocenters. The minimum absolute atomic E-state index is 0.0842. The summed E-state index contributed by atoms with van der Waals surface area (Å²) in [5.41, 5.74) is 4.74. The molecule has 0 saturated heterocycles. The molecule has 0 spiro atoms. The number of amides is 1. The molecular formula is C23H22BrFN2O2. The van der Waals surface area contributed by atoms with E-state index in [1.807, 2.05) is 50.2 Å². The molecule has 0 aliphatic rings. The van der Waals surface area contributed by atoms with Gasteiger partial charge in [-0.15, -0.1) is 0 Å². The molecule has 3 aromatic rings. The fraction of sp³-hybridized carbons (Fsp3) is 0.174. The van der Waals surface area contributed by atoms with Crippen LogP contribution in [0, 0.1) is 19.7 Å². The van der Waals surface area contributed by atoms with Crippen LogP contribution in [0.5, 0.6) is 5.75 Å². The van der Waals surface area contributed by atoms with E-state index in [9.17, 15) is 9.18 Å². The molecule has 29 heavy (non-hydrogen) atoms. The maximum Gasteiger partial charge on any atom is 0.262 e. The Bertz CT molecular complexity index is 1010. The Kier molecular flexibility index (Phi) is 6.88. The predicted molar refractivity (Wildman–Crippen MR) is 118 cm³/mol. The largest absolute Gasteiger partial charge is 0.483 e. The van der Waals surface area contributed by atoms with Crippen LogP contribution in [0.2, 0.25) is 0 Å². The Morgan fingerprint density at radius 3 is 2.52 bits per heavy atom. The topological polar surface area (TPSA) is 50.4 Å². The van der Waals surface area contributed by atoms with E-state index in [1.165, 1.54) is 12.1 Å². The summed E-state index contributed by atoms with van der Waals surface area (Å²) in [6, 6.07) is 17.8. The summed E-state index contributed by atoms with van der Waals surface area (Å²) in [6.45, 7) is 4.43. The molecule has 6 heteroatoms. The fourth-order valence-electron chi connectivity index (χ4n) is 2.74. The van der Waals surface area contributed by atoms with Gasteiger partial charge >= 0.3 is 0 Å². The highest BCUT2D eigenvalue weighted by Gasteiger charge is 2.09. The Labute approximate surface area is 178 Å². The Balaban J connectivity index is 1.54. The van der Waals surface area contributed by atoms with Crippen molar-refractivity contribution in [3.05, 3.63) is 87.6 Å². The van der Waals surface area contributed by atoms with Crippen LogP contribution >= 0.6 is 15.9 Å². The quantitative estimate of drug-likeness (QED) is 0.469. The van der Waals surface area contributed by atoms with Crippen LogP contribution in [0.3, 0.4) is 0 Å². The van der Waals surface area contributed by atoms with E-state index in [0.29, 0.717) is 12.3 Å². The number of nitrogens with one attached hydrogen (secondary N) is 2. The Morgan fingerprint density at radius 2 is 1.79 bits per heavy atom. The van der Waals surface area contributed by atoms with Gasteiger partial charge in [0, 0.05) is 17.9 Å². The normalized spacial score (nSPS) is 10.5. The van der Waals surface area contributed by atoms with Crippen molar-refractivity contribution in [2.75, 3.05) is 17.2 Å². The Hall–Kier alpha value is -2.86. The summed E-state index contributed by atoms with van der Waals surface area (Å²) in [6.07, 6.45) is 0. The number of hydrogen-bond donors (Lipinski definition) is 2. The van der Waals surface area contributed by atoms with Crippen molar-refractivity contribution < 1.29 is 13.9 Å². The van der Waals surface area contributed by atoms with Crippen LogP contribution in [0.4, 0.5) is 15.8 Å². The zero-order valence-corrected chi connectivity index (χ0v) is 17.8. The molecule has 0 radical (unpaired) electrons. The molecule has 4 nitrogen and oxygen atoms in total. The average molecular weight is 457 g/mol. The van der Waals surface area contributed by atoms with Crippen molar-refractivity contribution in [2.45, 2.75) is 20.4 Å². The summed E-state index contributed by atoms with van der Waals surface area (Å²) in [4.78, 5) is 12.2. The van der Waals surface area contributed by atoms with E-state index in [4.69, 9.17) is 4.74 Å². The molecule has 0 fully saturated rings. The van der Waals surface area contributed by atoms with Crippen molar-refractivity contribution >= 4 is 33.2 Å². The minimum atomic E-state index is -0.263. The van der Waals surface area contributed by atoms with E-state index in [1.54, 1.807) is 12.1 Å². The van der Waals surface area contributed by atoms with Gasteiger partial charge in [-0.25, -0.2) is 4.39 Å². The van der Waals surface area contributed by atoms with Gasteiger partial charge in [0.1, 0.15) is 11.6 Å². The summed E-state index contributed by atoms with van der Waals surface area (Å²) in [7, 11) is 0. The second kappa shape index (κ2) is 9.56. The molecule has 0 heterocycles. The van der Waals surface area contributed by atoms with Gasteiger partial charge in [0.2, 0.25) is 0 Å². The van der Waals surface area contributed by atoms with Crippen molar-refractivity contribution in [1.82, 2.24) is 0 Å². The zero-order chi connectivity index (χ0) is 20.8. The lowest BCUT2D eigenvalue weighted by Gasteiger charge is -2.12. The first-order valence-electron chi connectivity index (χ1n) is 9.18. The van der Waals surface area contributed by atoms with E-state index in [-0.39, 0.29) is 18.3 Å². The van der Waals surface area contributed by atoms with Gasteiger partial charge in [0.15, 0.2) is 6.61 Å². The van der Waals surface area contributed by atoms with Crippen molar-refractivity contribution in [3.63, 3.8) is 0 Å². The minimum Gasteiger partial charge on any atom is -0.483 e. The molecule has 1 amide bonds. The van der Waals surface area contributed by atoms with Gasteiger partial charge in [-0.3, -0.25) is 4.79 Å². The highest BCUT2D eigenvalue weighted by Crippen LogP contribution is 2.26. The first-order chi connectivity index (χ1) is 13.9. The van der Waals surface area contributed by atoms with E-state index in [0.717, 1.165) is 32.5 Å². The molecule has 0 saturated carbocycles. The van der Waals surface area contributed by atoms with Crippen LogP contribution in [-0.4, -0.2) is 12.5 Å². The fourth-order valence-corrected chi connectivity index (χ4v) is 3.28. The number of carbonyl (C=O) groups excluding carboxylic acids is 1. The molecule has 0 aliphatic carbocycles. The number of anilines is 2. The molecule has 3 aromatic carbocycles. The highest BCUT2D eigenvalue weighted by atomic mass is 79.9. The smallest absolute Gasteiger partial charge is 0.262 e. The molecule has 150 valence electrons. The lowest BCUT2D eigenvalue weighted by atomic mass is 10.1. The average Bonchev–Trinajstić information content (AvgIpc) is 2.69. The molecule has 0 bridgehead atoms. The van der Waals surface area contributed by atoms with E-state index >= 15 is 0 Å². The summed E-state index contributed by atoms with van der Waals surface area (Å²) in [5, 5.41) is 6.11. The van der Waals surface area contributed by atoms with Crippen LogP contribution in [-0.2, 0) is 11.3 Å². The predicted octanol–water partition coefficient (Wildman–Crippen LogP) is 5.83. The number of carbonyl (C=O) groups is 1. The van der Waals surface area contributed by atoms with Gasteiger partial charge in [0.05, 0.1) is 4.47 Å². The molecule has 0 aromatic heterocycles. The maximum absolute atomic E-state index is 13.0. The molecular weight excluding hydrogens is 435 g/mol. The van der Waals surface area contributed by atoms with E-state index < -0.39 is 0 Å². The molecule has 0 aliphatic heterocycles. The van der Waals surface area contributed by atoms with Crippen LogP contribution in [0.15, 0.2) is 65.1 Å². The Morgan fingerprint density at radius 1 is 1.03 bits per heavy atom. The van der Waals surface area contributed by atoms with Crippen LogP contribution in [0.25, 0.3) is 0 Å². The highest BCUT2D eigenvalue weighted by molar-refractivity contribution is 9.10. The van der Waals surface area contributed by atoms with Crippen LogP contribution < -0.4 is 15.4 Å². The van der Waals surface area contributed by atoms with Gasteiger partial charge in [-0.05, 0) is 88.9 Å². The van der Waals surface area contributed by atoms with Gasteiger partial charge in [-0.1, -0.05) is 18.2 Å². The van der Waals surface area contributed by atoms with Crippen molar-refractivity contribution in [3.8, 4) is 5.75 Å². The second-order valence-electron chi connectivity index (χ2n) is 6.78. The third-order valence-electron chi connectivity index (χ3n) is 4.36. The monoisotopic (exact) mass is 456 g/mol. The lowest BCUT2D eigenvalue weighted by Crippen LogP contribution is -2.20. The van der Waals surface area contributed by atoms with Crippen LogP contribution in [0.1, 0.15) is 16.7 Å². The summed E-state index contributed by atoms with van der Waals surface area (Å²) in [5.74, 6) is 0.112. The number of halogens is 2. The number of benzene rings is 3. The molecule has 0 unspecified atom stereocenters. The van der Waals surface area contributed by atoms with Gasteiger partial charge in [-0.2, -0.15) is 0 Å². The SMILES string of the molecule is Cc1ccc(C)c(NC(=O)COc2ccc(CNc3ccc(F)cc3)cc2Br)c1. The van der Waals surface area contributed by atoms with Gasteiger partial charge in [0.25, 0.3) is 5.91 Å².